The van der Waals surface area contributed by atoms with Crippen molar-refractivity contribution in [3.05, 3.63) is 45.5 Å². The van der Waals surface area contributed by atoms with Gasteiger partial charge < -0.3 is 4.74 Å². The summed E-state index contributed by atoms with van der Waals surface area (Å²) in [6, 6.07) is 3.87. The van der Waals surface area contributed by atoms with Crippen molar-refractivity contribution in [3.63, 3.8) is 0 Å². The molecule has 1 aliphatic rings. The van der Waals surface area contributed by atoms with Crippen LogP contribution in [0.5, 0.6) is 5.75 Å². The molecule has 1 amide bonds. The van der Waals surface area contributed by atoms with Crippen LogP contribution >= 0.6 is 11.3 Å². The Balaban J connectivity index is 1.92. The quantitative estimate of drug-likeness (QED) is 0.785. The van der Waals surface area contributed by atoms with Crippen LogP contribution in [0.4, 0.5) is 5.13 Å². The van der Waals surface area contributed by atoms with Gasteiger partial charge in [-0.25, -0.2) is 4.98 Å². The van der Waals surface area contributed by atoms with Crippen molar-refractivity contribution in [1.82, 2.24) is 4.98 Å². The van der Waals surface area contributed by atoms with E-state index in [0.717, 1.165) is 11.1 Å². The van der Waals surface area contributed by atoms with Gasteiger partial charge in [-0.15, -0.1) is 11.3 Å². The molecule has 3 rings (SSSR count). The molecule has 0 unspecified atom stereocenters. The van der Waals surface area contributed by atoms with E-state index in [1.807, 2.05) is 38.3 Å². The zero-order chi connectivity index (χ0) is 18.1. The second kappa shape index (κ2) is 6.80. The number of hydrogen-bond donors (Lipinski definition) is 0. The molecule has 0 bridgehead atoms. The summed E-state index contributed by atoms with van der Waals surface area (Å²) in [5, 5.41) is 2.48. The molecule has 0 aliphatic carbocycles. The van der Waals surface area contributed by atoms with Crippen molar-refractivity contribution >= 4 is 34.2 Å². The van der Waals surface area contributed by atoms with Gasteiger partial charge in [0.2, 0.25) is 5.91 Å². The van der Waals surface area contributed by atoms with Crippen LogP contribution in [-0.4, -0.2) is 29.8 Å². The minimum Gasteiger partial charge on any atom is -0.488 e. The molecule has 2 aromatic rings. The second-order valence-corrected chi connectivity index (χ2v) is 6.90. The fourth-order valence-electron chi connectivity index (χ4n) is 2.95. The van der Waals surface area contributed by atoms with Gasteiger partial charge in [0.1, 0.15) is 12.4 Å². The lowest BCUT2D eigenvalue weighted by Crippen LogP contribution is -2.27. The van der Waals surface area contributed by atoms with Crippen molar-refractivity contribution in [2.24, 2.45) is 0 Å². The van der Waals surface area contributed by atoms with Gasteiger partial charge >= 0.3 is 0 Å². The third-order valence-corrected chi connectivity index (χ3v) is 4.97. The monoisotopic (exact) mass is 356 g/mol. The minimum atomic E-state index is -0.0481. The highest BCUT2D eigenvalue weighted by molar-refractivity contribution is 7.14. The molecule has 6 heteroatoms. The van der Waals surface area contributed by atoms with E-state index in [-0.39, 0.29) is 18.3 Å². The molecular formula is C19H20N2O3S. The molecule has 1 aliphatic heterocycles. The first kappa shape index (κ1) is 17.4. The van der Waals surface area contributed by atoms with Gasteiger partial charge in [0.25, 0.3) is 0 Å². The van der Waals surface area contributed by atoms with Gasteiger partial charge in [-0.1, -0.05) is 6.07 Å². The number of hydrogen-bond acceptors (Lipinski definition) is 5. The van der Waals surface area contributed by atoms with Crippen LogP contribution < -0.4 is 9.64 Å². The van der Waals surface area contributed by atoms with Crippen molar-refractivity contribution in [1.29, 1.82) is 0 Å². The van der Waals surface area contributed by atoms with E-state index in [2.05, 4.69) is 4.98 Å². The van der Waals surface area contributed by atoms with Crippen LogP contribution in [-0.2, 0) is 4.79 Å². The summed E-state index contributed by atoms with van der Waals surface area (Å²) in [7, 11) is 0. The number of anilines is 1. The maximum atomic E-state index is 12.8. The Morgan fingerprint density at radius 3 is 2.84 bits per heavy atom. The molecule has 0 spiro atoms. The summed E-state index contributed by atoms with van der Waals surface area (Å²) in [4.78, 5) is 30.5. The van der Waals surface area contributed by atoms with E-state index in [0.29, 0.717) is 34.3 Å². The highest BCUT2D eigenvalue weighted by Gasteiger charge is 2.25. The van der Waals surface area contributed by atoms with Crippen molar-refractivity contribution in [3.8, 4) is 5.75 Å². The second-order valence-electron chi connectivity index (χ2n) is 6.06. The number of aryl methyl sites for hydroxylation is 2. The molecule has 0 radical (unpaired) electrons. The summed E-state index contributed by atoms with van der Waals surface area (Å²) in [5.74, 6) is 0.593. The zero-order valence-electron chi connectivity index (χ0n) is 14.8. The molecule has 0 fully saturated rings. The van der Waals surface area contributed by atoms with E-state index in [1.165, 1.54) is 18.3 Å². The normalized spacial score (nSPS) is 15.0. The van der Waals surface area contributed by atoms with Gasteiger partial charge in [-0.2, -0.15) is 0 Å². The molecule has 5 nitrogen and oxygen atoms in total. The highest BCUT2D eigenvalue weighted by atomic mass is 32.1. The van der Waals surface area contributed by atoms with Gasteiger partial charge in [0.15, 0.2) is 10.9 Å². The van der Waals surface area contributed by atoms with Crippen LogP contribution in [0, 0.1) is 13.8 Å². The van der Waals surface area contributed by atoms with E-state index >= 15 is 0 Å². The van der Waals surface area contributed by atoms with Crippen LogP contribution in [0.2, 0.25) is 0 Å². The van der Waals surface area contributed by atoms with Crippen molar-refractivity contribution < 1.29 is 14.3 Å². The number of thiazole rings is 1. The number of carbonyl (C=O) groups excluding carboxylic acids is 2. The van der Waals surface area contributed by atoms with Crippen LogP contribution in [0.1, 0.15) is 41.0 Å². The minimum absolute atomic E-state index is 0.0264. The number of nitrogens with zero attached hydrogens (tertiary/aromatic N) is 2. The SMILES string of the molecule is CCN(C(C)=O)c1nc(/C=C2/COc3c(C)cc(C)cc3C2=O)cs1. The number of Topliss-reactive ketones (excluding diaryl/α,β-unsaturated/α-hetero) is 1. The Kier molecular flexibility index (Phi) is 4.72. The molecule has 2 heterocycles. The van der Waals surface area contributed by atoms with E-state index < -0.39 is 0 Å². The van der Waals surface area contributed by atoms with Crippen LogP contribution in [0.25, 0.3) is 6.08 Å². The molecule has 1 aromatic carbocycles. The van der Waals surface area contributed by atoms with E-state index in [9.17, 15) is 9.59 Å². The third kappa shape index (κ3) is 3.35. The topological polar surface area (TPSA) is 59.5 Å². The largest absolute Gasteiger partial charge is 0.488 e. The average molecular weight is 356 g/mol. The first-order chi connectivity index (χ1) is 11.9. The summed E-state index contributed by atoms with van der Waals surface area (Å²) < 4.78 is 5.80. The summed E-state index contributed by atoms with van der Waals surface area (Å²) in [6.07, 6.45) is 1.75. The fraction of sp³-hybridized carbons (Fsp3) is 0.316. The zero-order valence-corrected chi connectivity index (χ0v) is 15.6. The maximum absolute atomic E-state index is 12.8. The van der Waals surface area contributed by atoms with Crippen LogP contribution in [0.3, 0.4) is 0 Å². The molecule has 1 aromatic heterocycles. The van der Waals surface area contributed by atoms with Gasteiger partial charge in [0, 0.05) is 24.4 Å². The lowest BCUT2D eigenvalue weighted by molar-refractivity contribution is -0.116. The van der Waals surface area contributed by atoms with E-state index in [1.54, 1.807) is 11.0 Å². The van der Waals surface area contributed by atoms with Crippen molar-refractivity contribution in [2.75, 3.05) is 18.1 Å². The lowest BCUT2D eigenvalue weighted by atomic mass is 9.95. The summed E-state index contributed by atoms with van der Waals surface area (Å²) in [5.41, 5.74) is 3.84. The highest BCUT2D eigenvalue weighted by Crippen LogP contribution is 2.32. The number of ketones is 1. The van der Waals surface area contributed by atoms with E-state index in [4.69, 9.17) is 4.74 Å². The molecule has 0 saturated heterocycles. The Bertz CT molecular complexity index is 883. The number of carbonyl (C=O) groups is 2. The molecule has 0 saturated carbocycles. The number of ether oxygens (including phenoxy) is 1. The predicted molar refractivity (Wildman–Crippen MR) is 99.5 cm³/mol. The van der Waals surface area contributed by atoms with Gasteiger partial charge in [-0.3, -0.25) is 14.5 Å². The third-order valence-electron chi connectivity index (χ3n) is 4.09. The Morgan fingerprint density at radius 2 is 2.16 bits per heavy atom. The van der Waals surface area contributed by atoms with Crippen LogP contribution in [0.15, 0.2) is 23.1 Å². The maximum Gasteiger partial charge on any atom is 0.225 e. The number of amides is 1. The molecule has 130 valence electrons. The first-order valence-corrected chi connectivity index (χ1v) is 9.01. The Labute approximate surface area is 150 Å². The first-order valence-electron chi connectivity index (χ1n) is 8.13. The Morgan fingerprint density at radius 1 is 1.40 bits per heavy atom. The molecule has 0 N–H and O–H groups in total. The number of fused-ring (bicyclic) bond motifs is 1. The lowest BCUT2D eigenvalue weighted by Gasteiger charge is -2.21. The number of benzene rings is 1. The summed E-state index contributed by atoms with van der Waals surface area (Å²) in [6.45, 7) is 8.12. The number of rotatable bonds is 3. The predicted octanol–water partition coefficient (Wildman–Crippen LogP) is 3.79. The standard InChI is InChI=1S/C19H20N2O3S/c1-5-21(13(4)22)19-20-15(10-25-19)8-14-9-24-18-12(3)6-11(2)7-16(18)17(14)23/h6-8,10H,5,9H2,1-4H3/b14-8-. The molecule has 25 heavy (non-hydrogen) atoms. The van der Waals surface area contributed by atoms with Gasteiger partial charge in [-0.05, 0) is 44.0 Å². The van der Waals surface area contributed by atoms with Gasteiger partial charge in [0.05, 0.1) is 11.3 Å². The smallest absolute Gasteiger partial charge is 0.225 e. The average Bonchev–Trinajstić information content (AvgIpc) is 2.99. The van der Waals surface area contributed by atoms with Crippen molar-refractivity contribution in [2.45, 2.75) is 27.7 Å². The number of aromatic nitrogens is 1. The molecular weight excluding hydrogens is 336 g/mol. The fourth-order valence-corrected chi connectivity index (χ4v) is 3.84. The summed E-state index contributed by atoms with van der Waals surface area (Å²) >= 11 is 1.39. The molecule has 0 atom stereocenters. The Hall–Kier alpha value is -2.47.